The number of carboxylic acids is 1. The van der Waals surface area contributed by atoms with Crippen LogP contribution in [0.3, 0.4) is 0 Å². The van der Waals surface area contributed by atoms with Crippen LogP contribution >= 0.6 is 0 Å². The molecule has 0 aliphatic carbocycles. The molecule has 4 nitrogen and oxygen atoms in total. The molecular formula is C14H15F3N2O2. The van der Waals surface area contributed by atoms with Crippen molar-refractivity contribution in [2.45, 2.75) is 12.1 Å². The largest absolute Gasteiger partial charge is 0.480 e. The van der Waals surface area contributed by atoms with E-state index < -0.39 is 35.5 Å². The van der Waals surface area contributed by atoms with E-state index in [1.807, 2.05) is 0 Å². The van der Waals surface area contributed by atoms with Gasteiger partial charge in [0.05, 0.1) is 0 Å². The highest BCUT2D eigenvalue weighted by atomic mass is 19.2. The van der Waals surface area contributed by atoms with Crippen molar-refractivity contribution in [1.82, 2.24) is 10.2 Å². The lowest BCUT2D eigenvalue weighted by Crippen LogP contribution is -2.29. The third kappa shape index (κ3) is 3.62. The molecule has 1 fully saturated rings. The predicted molar refractivity (Wildman–Crippen MR) is 70.3 cm³/mol. The van der Waals surface area contributed by atoms with Gasteiger partial charge in [-0.25, -0.2) is 13.2 Å². The zero-order chi connectivity index (χ0) is 15.6. The molecule has 1 aromatic carbocycles. The number of carboxylic acid groups (broad SMARTS) is 1. The van der Waals surface area contributed by atoms with Crippen LogP contribution in [0.1, 0.15) is 11.6 Å². The Bertz CT molecular complexity index is 542. The first-order chi connectivity index (χ1) is 9.93. The molecule has 0 bridgehead atoms. The van der Waals surface area contributed by atoms with Crippen LogP contribution in [0.4, 0.5) is 13.2 Å². The van der Waals surface area contributed by atoms with Gasteiger partial charge in [-0.1, -0.05) is 6.08 Å². The van der Waals surface area contributed by atoms with Crippen LogP contribution < -0.4 is 5.32 Å². The van der Waals surface area contributed by atoms with Crippen molar-refractivity contribution in [2.75, 3.05) is 19.6 Å². The molecule has 7 heteroatoms. The SMILES string of the molecule is C=CCN[C@H](CN1C[C@H]1C(=O)O)c1cc(F)c(F)c(F)c1. The summed E-state index contributed by atoms with van der Waals surface area (Å²) in [6.07, 6.45) is 1.57. The number of hydrogen-bond acceptors (Lipinski definition) is 3. The van der Waals surface area contributed by atoms with Gasteiger partial charge in [-0.2, -0.15) is 0 Å². The second-order valence-corrected chi connectivity index (χ2v) is 4.86. The molecule has 0 aromatic heterocycles. The molecule has 0 radical (unpaired) electrons. The van der Waals surface area contributed by atoms with Crippen molar-refractivity contribution < 1.29 is 23.1 Å². The Morgan fingerprint density at radius 3 is 2.57 bits per heavy atom. The molecule has 21 heavy (non-hydrogen) atoms. The Balaban J connectivity index is 2.16. The van der Waals surface area contributed by atoms with E-state index in [1.54, 1.807) is 11.0 Å². The van der Waals surface area contributed by atoms with Gasteiger partial charge < -0.3 is 10.4 Å². The number of benzene rings is 1. The van der Waals surface area contributed by atoms with E-state index in [0.29, 0.717) is 13.1 Å². The predicted octanol–water partition coefficient (Wildman–Crippen LogP) is 1.69. The molecule has 0 amide bonds. The molecule has 2 N–H and O–H groups in total. The number of rotatable bonds is 7. The molecule has 1 heterocycles. The van der Waals surface area contributed by atoms with Crippen molar-refractivity contribution in [3.63, 3.8) is 0 Å². The standard InChI is InChI=1S/C14H15F3N2O2/c1-2-3-18-11(6-19-7-12(19)14(20)21)8-4-9(15)13(17)10(16)5-8/h2,4-5,11-12,18H,1,3,6-7H2,(H,20,21)/t11-,12+,19?/m1/s1. The Labute approximate surface area is 119 Å². The minimum Gasteiger partial charge on any atom is -0.480 e. The molecule has 3 atom stereocenters. The lowest BCUT2D eigenvalue weighted by molar-refractivity contribution is -0.137. The molecule has 114 valence electrons. The van der Waals surface area contributed by atoms with E-state index >= 15 is 0 Å². The summed E-state index contributed by atoms with van der Waals surface area (Å²) in [7, 11) is 0. The van der Waals surface area contributed by atoms with Gasteiger partial charge in [0.15, 0.2) is 17.5 Å². The third-order valence-corrected chi connectivity index (χ3v) is 3.33. The van der Waals surface area contributed by atoms with Crippen LogP contribution in [0.2, 0.25) is 0 Å². The van der Waals surface area contributed by atoms with E-state index in [9.17, 15) is 18.0 Å². The maximum atomic E-state index is 13.3. The maximum Gasteiger partial charge on any atom is 0.322 e. The first-order valence-electron chi connectivity index (χ1n) is 6.39. The van der Waals surface area contributed by atoms with Crippen LogP contribution in [0.15, 0.2) is 24.8 Å². The summed E-state index contributed by atoms with van der Waals surface area (Å²) in [6, 6.07) is 0.738. The summed E-state index contributed by atoms with van der Waals surface area (Å²) in [5.41, 5.74) is 0.226. The molecule has 1 aliphatic heterocycles. The Kier molecular flexibility index (Phi) is 4.64. The van der Waals surface area contributed by atoms with Crippen molar-refractivity contribution in [1.29, 1.82) is 0 Å². The van der Waals surface area contributed by atoms with Gasteiger partial charge >= 0.3 is 5.97 Å². The minimum absolute atomic E-state index is 0.226. The van der Waals surface area contributed by atoms with Crippen LogP contribution in [0.25, 0.3) is 0 Å². The van der Waals surface area contributed by atoms with E-state index in [2.05, 4.69) is 11.9 Å². The molecule has 0 saturated carbocycles. The number of carbonyl (C=O) groups is 1. The van der Waals surface area contributed by atoms with E-state index in [-0.39, 0.29) is 12.1 Å². The quantitative estimate of drug-likeness (QED) is 0.457. The number of hydrogen-bond donors (Lipinski definition) is 2. The molecule has 0 spiro atoms. The number of aliphatic carboxylic acids is 1. The summed E-state index contributed by atoms with van der Waals surface area (Å²) in [4.78, 5) is 12.5. The van der Waals surface area contributed by atoms with Gasteiger partial charge in [0.25, 0.3) is 0 Å². The van der Waals surface area contributed by atoms with E-state index in [1.165, 1.54) is 0 Å². The fraction of sp³-hybridized carbons (Fsp3) is 0.357. The van der Waals surface area contributed by atoms with Crippen molar-refractivity contribution in [3.8, 4) is 0 Å². The zero-order valence-corrected chi connectivity index (χ0v) is 11.2. The summed E-state index contributed by atoms with van der Waals surface area (Å²) < 4.78 is 39.6. The van der Waals surface area contributed by atoms with Gasteiger partial charge in [0, 0.05) is 25.7 Å². The first kappa shape index (κ1) is 15.5. The third-order valence-electron chi connectivity index (χ3n) is 3.33. The molecule has 2 rings (SSSR count). The molecule has 1 saturated heterocycles. The van der Waals surface area contributed by atoms with E-state index in [4.69, 9.17) is 5.11 Å². The van der Waals surface area contributed by atoms with Gasteiger partial charge in [0.2, 0.25) is 0 Å². The second kappa shape index (κ2) is 6.28. The van der Waals surface area contributed by atoms with E-state index in [0.717, 1.165) is 12.1 Å². The molecule has 1 aromatic rings. The molecular weight excluding hydrogens is 285 g/mol. The Morgan fingerprint density at radius 1 is 1.48 bits per heavy atom. The average molecular weight is 300 g/mol. The maximum absolute atomic E-state index is 13.3. The highest BCUT2D eigenvalue weighted by Crippen LogP contribution is 2.25. The smallest absolute Gasteiger partial charge is 0.322 e. The highest BCUT2D eigenvalue weighted by Gasteiger charge is 2.41. The first-order valence-corrected chi connectivity index (χ1v) is 6.39. The lowest BCUT2D eigenvalue weighted by Gasteiger charge is -2.19. The van der Waals surface area contributed by atoms with Crippen LogP contribution in [-0.4, -0.2) is 41.7 Å². The average Bonchev–Trinajstić information content (AvgIpc) is 3.19. The Hall–Kier alpha value is -1.86. The van der Waals surface area contributed by atoms with Crippen LogP contribution in [-0.2, 0) is 4.79 Å². The van der Waals surface area contributed by atoms with Crippen LogP contribution in [0.5, 0.6) is 0 Å². The topological polar surface area (TPSA) is 52.3 Å². The van der Waals surface area contributed by atoms with Crippen molar-refractivity contribution >= 4 is 5.97 Å². The zero-order valence-electron chi connectivity index (χ0n) is 11.2. The number of halogens is 3. The molecule has 1 unspecified atom stereocenters. The van der Waals surface area contributed by atoms with Gasteiger partial charge in [0.1, 0.15) is 6.04 Å². The van der Waals surface area contributed by atoms with Crippen molar-refractivity contribution in [2.24, 2.45) is 0 Å². The number of nitrogens with one attached hydrogen (secondary N) is 1. The second-order valence-electron chi connectivity index (χ2n) is 4.86. The fourth-order valence-electron chi connectivity index (χ4n) is 2.14. The van der Waals surface area contributed by atoms with Gasteiger partial charge in [-0.05, 0) is 17.7 Å². The van der Waals surface area contributed by atoms with Gasteiger partial charge in [-0.15, -0.1) is 6.58 Å². The normalized spacial score (nSPS) is 21.9. The van der Waals surface area contributed by atoms with Gasteiger partial charge in [-0.3, -0.25) is 9.69 Å². The summed E-state index contributed by atoms with van der Waals surface area (Å²) in [5.74, 6) is -4.99. The lowest BCUT2D eigenvalue weighted by atomic mass is 10.1. The minimum atomic E-state index is -1.52. The molecule has 1 aliphatic rings. The van der Waals surface area contributed by atoms with Crippen molar-refractivity contribution in [3.05, 3.63) is 47.8 Å². The monoisotopic (exact) mass is 300 g/mol. The summed E-state index contributed by atoms with van der Waals surface area (Å²) >= 11 is 0. The van der Waals surface area contributed by atoms with Crippen LogP contribution in [0, 0.1) is 17.5 Å². The summed E-state index contributed by atoms with van der Waals surface area (Å²) in [6.45, 7) is 4.55. The Morgan fingerprint density at radius 2 is 2.10 bits per heavy atom. The highest BCUT2D eigenvalue weighted by molar-refractivity contribution is 5.76. The number of nitrogens with zero attached hydrogens (tertiary/aromatic N) is 1. The fourth-order valence-corrected chi connectivity index (χ4v) is 2.14. The summed E-state index contributed by atoms with van der Waals surface area (Å²) in [5, 5.41) is 11.8.